The summed E-state index contributed by atoms with van der Waals surface area (Å²) < 4.78 is 5.21. The standard InChI is InChI=1S/C14H13N3O/c1-18-11-4-2-3-9(7-11)14-16-12-6-5-10(15)8-13(12)17-14/h2-8H,15H2,1H3,(H,16,17). The molecule has 0 fully saturated rings. The highest BCUT2D eigenvalue weighted by atomic mass is 16.5. The molecule has 4 heteroatoms. The van der Waals surface area contributed by atoms with E-state index in [1.165, 1.54) is 0 Å². The number of hydrogen-bond acceptors (Lipinski definition) is 3. The summed E-state index contributed by atoms with van der Waals surface area (Å²) in [5, 5.41) is 0. The van der Waals surface area contributed by atoms with Crippen LogP contribution in [0, 0.1) is 0 Å². The van der Waals surface area contributed by atoms with Crippen molar-refractivity contribution in [1.82, 2.24) is 9.97 Å². The Labute approximate surface area is 104 Å². The second-order valence-corrected chi connectivity index (χ2v) is 4.09. The first-order valence-electron chi connectivity index (χ1n) is 5.66. The Morgan fingerprint density at radius 3 is 2.89 bits per heavy atom. The van der Waals surface area contributed by atoms with Crippen LogP contribution in [0.1, 0.15) is 0 Å². The van der Waals surface area contributed by atoms with E-state index in [4.69, 9.17) is 10.5 Å². The van der Waals surface area contributed by atoms with Crippen molar-refractivity contribution in [3.63, 3.8) is 0 Å². The van der Waals surface area contributed by atoms with Gasteiger partial charge in [0.1, 0.15) is 11.6 Å². The van der Waals surface area contributed by atoms with E-state index in [1.54, 1.807) is 7.11 Å². The fourth-order valence-electron chi connectivity index (χ4n) is 1.93. The van der Waals surface area contributed by atoms with Gasteiger partial charge in [0, 0.05) is 11.3 Å². The number of hydrogen-bond donors (Lipinski definition) is 2. The van der Waals surface area contributed by atoms with Gasteiger partial charge < -0.3 is 15.5 Å². The number of nitrogen functional groups attached to an aromatic ring is 1. The molecule has 18 heavy (non-hydrogen) atoms. The summed E-state index contributed by atoms with van der Waals surface area (Å²) in [6, 6.07) is 13.4. The first kappa shape index (κ1) is 10.7. The molecule has 1 aromatic heterocycles. The first-order chi connectivity index (χ1) is 8.76. The first-order valence-corrected chi connectivity index (χ1v) is 5.66. The molecule has 3 N–H and O–H groups in total. The number of anilines is 1. The molecule has 0 aliphatic heterocycles. The van der Waals surface area contributed by atoms with Crippen LogP contribution in [-0.2, 0) is 0 Å². The molecule has 0 radical (unpaired) electrons. The molecule has 0 saturated heterocycles. The van der Waals surface area contributed by atoms with Gasteiger partial charge in [-0.05, 0) is 30.3 Å². The SMILES string of the molecule is COc1cccc(-c2nc3cc(N)ccc3[nH]2)c1. The summed E-state index contributed by atoms with van der Waals surface area (Å²) in [5.74, 6) is 1.63. The molecule has 4 nitrogen and oxygen atoms in total. The number of H-pyrrole nitrogens is 1. The van der Waals surface area contributed by atoms with Gasteiger partial charge in [-0.1, -0.05) is 12.1 Å². The van der Waals surface area contributed by atoms with E-state index in [0.717, 1.165) is 28.2 Å². The average Bonchev–Trinajstić information content (AvgIpc) is 2.81. The van der Waals surface area contributed by atoms with Crippen molar-refractivity contribution in [2.75, 3.05) is 12.8 Å². The fourth-order valence-corrected chi connectivity index (χ4v) is 1.93. The van der Waals surface area contributed by atoms with Crippen LogP contribution in [0.25, 0.3) is 22.4 Å². The molecule has 3 aromatic rings. The summed E-state index contributed by atoms with van der Waals surface area (Å²) >= 11 is 0. The smallest absolute Gasteiger partial charge is 0.138 e. The van der Waals surface area contributed by atoms with Gasteiger partial charge in [-0.25, -0.2) is 4.98 Å². The predicted octanol–water partition coefficient (Wildman–Crippen LogP) is 2.82. The number of imidazole rings is 1. The molecule has 0 unspecified atom stereocenters. The van der Waals surface area contributed by atoms with Crippen LogP contribution in [0.5, 0.6) is 5.75 Å². The zero-order chi connectivity index (χ0) is 12.5. The highest BCUT2D eigenvalue weighted by Crippen LogP contribution is 2.24. The van der Waals surface area contributed by atoms with E-state index in [0.29, 0.717) is 5.69 Å². The van der Waals surface area contributed by atoms with Gasteiger partial charge in [0.2, 0.25) is 0 Å². The van der Waals surface area contributed by atoms with Crippen LogP contribution in [-0.4, -0.2) is 17.1 Å². The number of fused-ring (bicyclic) bond motifs is 1. The lowest BCUT2D eigenvalue weighted by Gasteiger charge is -2.01. The molecular formula is C14H13N3O. The summed E-state index contributed by atoms with van der Waals surface area (Å²) in [6.45, 7) is 0. The van der Waals surface area contributed by atoms with Gasteiger partial charge in [-0.2, -0.15) is 0 Å². The number of nitrogens with zero attached hydrogens (tertiary/aromatic N) is 1. The fraction of sp³-hybridized carbons (Fsp3) is 0.0714. The monoisotopic (exact) mass is 239 g/mol. The molecule has 0 saturated carbocycles. The van der Waals surface area contributed by atoms with E-state index in [9.17, 15) is 0 Å². The van der Waals surface area contributed by atoms with E-state index >= 15 is 0 Å². The summed E-state index contributed by atoms with van der Waals surface area (Å²) in [5.41, 5.74) is 9.29. The lowest BCUT2D eigenvalue weighted by molar-refractivity contribution is 0.415. The third-order valence-electron chi connectivity index (χ3n) is 2.85. The Hall–Kier alpha value is -2.49. The topological polar surface area (TPSA) is 63.9 Å². The van der Waals surface area contributed by atoms with Gasteiger partial charge in [-0.15, -0.1) is 0 Å². The molecule has 2 aromatic carbocycles. The largest absolute Gasteiger partial charge is 0.497 e. The third-order valence-corrected chi connectivity index (χ3v) is 2.85. The van der Waals surface area contributed by atoms with Crippen molar-refractivity contribution in [3.8, 4) is 17.1 Å². The highest BCUT2D eigenvalue weighted by Gasteiger charge is 2.06. The molecule has 3 rings (SSSR count). The molecule has 0 bridgehead atoms. The second-order valence-electron chi connectivity index (χ2n) is 4.09. The van der Waals surface area contributed by atoms with Crippen LogP contribution in [0.15, 0.2) is 42.5 Å². The molecule has 1 heterocycles. The minimum atomic E-state index is 0.714. The van der Waals surface area contributed by atoms with E-state index in [-0.39, 0.29) is 0 Å². The zero-order valence-electron chi connectivity index (χ0n) is 9.97. The van der Waals surface area contributed by atoms with Crippen molar-refractivity contribution in [1.29, 1.82) is 0 Å². The number of nitrogens with one attached hydrogen (secondary N) is 1. The maximum atomic E-state index is 5.74. The number of methoxy groups -OCH3 is 1. The predicted molar refractivity (Wildman–Crippen MR) is 72.5 cm³/mol. The number of rotatable bonds is 2. The lowest BCUT2D eigenvalue weighted by atomic mass is 10.2. The minimum Gasteiger partial charge on any atom is -0.497 e. The number of nitrogens with two attached hydrogens (primary N) is 1. The van der Waals surface area contributed by atoms with Gasteiger partial charge in [0.15, 0.2) is 0 Å². The molecule has 90 valence electrons. The lowest BCUT2D eigenvalue weighted by Crippen LogP contribution is -1.84. The molecule has 0 aliphatic carbocycles. The third kappa shape index (κ3) is 1.78. The van der Waals surface area contributed by atoms with Gasteiger partial charge in [-0.3, -0.25) is 0 Å². The quantitative estimate of drug-likeness (QED) is 0.676. The van der Waals surface area contributed by atoms with Crippen molar-refractivity contribution < 1.29 is 4.74 Å². The maximum absolute atomic E-state index is 5.74. The van der Waals surface area contributed by atoms with Crippen molar-refractivity contribution >= 4 is 16.7 Å². The highest BCUT2D eigenvalue weighted by molar-refractivity contribution is 5.82. The molecule has 0 spiro atoms. The molecule has 0 atom stereocenters. The van der Waals surface area contributed by atoms with E-state index in [1.807, 2.05) is 42.5 Å². The zero-order valence-corrected chi connectivity index (χ0v) is 9.97. The van der Waals surface area contributed by atoms with E-state index < -0.39 is 0 Å². The van der Waals surface area contributed by atoms with Crippen LogP contribution in [0.3, 0.4) is 0 Å². The number of aromatic amines is 1. The Morgan fingerprint density at radius 2 is 2.06 bits per heavy atom. The van der Waals surface area contributed by atoms with Crippen LogP contribution in [0.2, 0.25) is 0 Å². The van der Waals surface area contributed by atoms with Crippen molar-refractivity contribution in [3.05, 3.63) is 42.5 Å². The molecule has 0 aliphatic rings. The maximum Gasteiger partial charge on any atom is 0.138 e. The summed E-state index contributed by atoms with van der Waals surface area (Å²) in [7, 11) is 1.65. The van der Waals surface area contributed by atoms with Crippen LogP contribution in [0.4, 0.5) is 5.69 Å². The van der Waals surface area contributed by atoms with Gasteiger partial charge in [0.05, 0.1) is 18.1 Å². The Morgan fingerprint density at radius 1 is 1.17 bits per heavy atom. The Bertz CT molecular complexity index is 703. The number of aromatic nitrogens is 2. The Balaban J connectivity index is 2.13. The summed E-state index contributed by atoms with van der Waals surface area (Å²) in [4.78, 5) is 7.80. The summed E-state index contributed by atoms with van der Waals surface area (Å²) in [6.07, 6.45) is 0. The normalized spacial score (nSPS) is 10.7. The van der Waals surface area contributed by atoms with Crippen molar-refractivity contribution in [2.24, 2.45) is 0 Å². The number of benzene rings is 2. The van der Waals surface area contributed by atoms with E-state index in [2.05, 4.69) is 9.97 Å². The average molecular weight is 239 g/mol. The van der Waals surface area contributed by atoms with Crippen LogP contribution >= 0.6 is 0 Å². The number of ether oxygens (including phenoxy) is 1. The minimum absolute atomic E-state index is 0.714. The van der Waals surface area contributed by atoms with Gasteiger partial charge >= 0.3 is 0 Å². The second kappa shape index (κ2) is 4.07. The van der Waals surface area contributed by atoms with Crippen LogP contribution < -0.4 is 10.5 Å². The molecule has 0 amide bonds. The van der Waals surface area contributed by atoms with Crippen molar-refractivity contribution in [2.45, 2.75) is 0 Å². The van der Waals surface area contributed by atoms with Gasteiger partial charge in [0.25, 0.3) is 0 Å². The Kier molecular flexibility index (Phi) is 2.41. The molecular weight excluding hydrogens is 226 g/mol.